The third-order valence-corrected chi connectivity index (χ3v) is 4.86. The van der Waals surface area contributed by atoms with Gasteiger partial charge in [-0.25, -0.2) is 0 Å². The standard InChI is InChI=1S/C14H20N4O3S/c1-17(2)11(20)4-6-18-5-3-9-10(7-18)22-14(16-8-19)12(9)13(15)21/h8H,3-7H2,1-2H3,(H2,15,21)(H,16,19). The van der Waals surface area contributed by atoms with Gasteiger partial charge < -0.3 is 16.0 Å². The van der Waals surface area contributed by atoms with Gasteiger partial charge in [0.2, 0.25) is 12.3 Å². The lowest BCUT2D eigenvalue weighted by Gasteiger charge is -2.27. The van der Waals surface area contributed by atoms with Crippen LogP contribution in [0, 0.1) is 0 Å². The first-order valence-electron chi connectivity index (χ1n) is 7.01. The molecule has 0 spiro atoms. The summed E-state index contributed by atoms with van der Waals surface area (Å²) in [5, 5.41) is 3.07. The van der Waals surface area contributed by atoms with Crippen molar-refractivity contribution < 1.29 is 14.4 Å². The Kier molecular flexibility index (Phi) is 5.15. The van der Waals surface area contributed by atoms with E-state index >= 15 is 0 Å². The van der Waals surface area contributed by atoms with Gasteiger partial charge in [-0.1, -0.05) is 0 Å². The van der Waals surface area contributed by atoms with Crippen molar-refractivity contribution in [3.8, 4) is 0 Å². The molecule has 2 heterocycles. The molecule has 7 nitrogen and oxygen atoms in total. The molecule has 8 heteroatoms. The molecule has 0 saturated carbocycles. The maximum atomic E-state index is 11.7. The Hall–Kier alpha value is -1.93. The Morgan fingerprint density at radius 1 is 1.45 bits per heavy atom. The van der Waals surface area contributed by atoms with Crippen LogP contribution in [0.15, 0.2) is 0 Å². The summed E-state index contributed by atoms with van der Waals surface area (Å²) in [6, 6.07) is 0. The minimum atomic E-state index is -0.516. The highest BCUT2D eigenvalue weighted by atomic mass is 32.1. The Morgan fingerprint density at radius 3 is 2.77 bits per heavy atom. The van der Waals surface area contributed by atoms with E-state index in [2.05, 4.69) is 10.2 Å². The average molecular weight is 324 g/mol. The first-order chi connectivity index (χ1) is 10.4. The van der Waals surface area contributed by atoms with Crippen molar-refractivity contribution in [2.24, 2.45) is 5.73 Å². The zero-order valence-corrected chi connectivity index (χ0v) is 13.5. The molecule has 0 atom stereocenters. The van der Waals surface area contributed by atoms with Crippen LogP contribution in [0.4, 0.5) is 5.00 Å². The molecular formula is C14H20N4O3S. The number of rotatable bonds is 6. The second kappa shape index (κ2) is 6.89. The second-order valence-corrected chi connectivity index (χ2v) is 6.50. The van der Waals surface area contributed by atoms with Gasteiger partial charge in [0.15, 0.2) is 0 Å². The van der Waals surface area contributed by atoms with Crippen molar-refractivity contribution in [1.29, 1.82) is 0 Å². The van der Waals surface area contributed by atoms with E-state index in [0.717, 1.165) is 17.0 Å². The highest BCUT2D eigenvalue weighted by Gasteiger charge is 2.27. The van der Waals surface area contributed by atoms with Crippen molar-refractivity contribution in [2.45, 2.75) is 19.4 Å². The molecular weight excluding hydrogens is 304 g/mol. The molecule has 2 rings (SSSR count). The monoisotopic (exact) mass is 324 g/mol. The van der Waals surface area contributed by atoms with Gasteiger partial charge in [-0.05, 0) is 12.0 Å². The summed E-state index contributed by atoms with van der Waals surface area (Å²) in [5.74, 6) is -0.420. The van der Waals surface area contributed by atoms with Crippen molar-refractivity contribution in [2.75, 3.05) is 32.5 Å². The number of nitrogens with zero attached hydrogens (tertiary/aromatic N) is 2. The van der Waals surface area contributed by atoms with Gasteiger partial charge in [-0.2, -0.15) is 0 Å². The van der Waals surface area contributed by atoms with Gasteiger partial charge in [0, 0.05) is 45.0 Å². The Balaban J connectivity index is 2.10. The first kappa shape index (κ1) is 16.4. The number of nitrogens with one attached hydrogen (secondary N) is 1. The molecule has 120 valence electrons. The van der Waals surface area contributed by atoms with Crippen molar-refractivity contribution >= 4 is 34.6 Å². The van der Waals surface area contributed by atoms with Crippen molar-refractivity contribution in [1.82, 2.24) is 9.80 Å². The fourth-order valence-electron chi connectivity index (χ4n) is 2.54. The van der Waals surface area contributed by atoms with Crippen LogP contribution in [-0.2, 0) is 22.6 Å². The maximum Gasteiger partial charge on any atom is 0.251 e. The Labute approximate surface area is 133 Å². The number of nitrogens with two attached hydrogens (primary N) is 1. The normalized spacial score (nSPS) is 14.3. The number of fused-ring (bicyclic) bond motifs is 1. The maximum absolute atomic E-state index is 11.7. The SMILES string of the molecule is CN(C)C(=O)CCN1CCc2c(sc(NC=O)c2C(N)=O)C1. The van der Waals surface area contributed by atoms with Crippen LogP contribution in [0.3, 0.4) is 0 Å². The smallest absolute Gasteiger partial charge is 0.251 e. The molecule has 3 amide bonds. The molecule has 1 aromatic rings. The van der Waals surface area contributed by atoms with Crippen molar-refractivity contribution in [3.05, 3.63) is 16.0 Å². The second-order valence-electron chi connectivity index (χ2n) is 5.40. The van der Waals surface area contributed by atoms with Crippen LogP contribution in [0.5, 0.6) is 0 Å². The van der Waals surface area contributed by atoms with Crippen molar-refractivity contribution in [3.63, 3.8) is 0 Å². The number of amides is 3. The third-order valence-electron chi connectivity index (χ3n) is 3.71. The van der Waals surface area contributed by atoms with E-state index in [-0.39, 0.29) is 5.91 Å². The summed E-state index contributed by atoms with van der Waals surface area (Å²) in [4.78, 5) is 38.7. The molecule has 0 aromatic carbocycles. The molecule has 22 heavy (non-hydrogen) atoms. The first-order valence-corrected chi connectivity index (χ1v) is 7.82. The number of thiophene rings is 1. The number of carbonyl (C=O) groups is 3. The minimum Gasteiger partial charge on any atom is -0.365 e. The van der Waals surface area contributed by atoms with Gasteiger partial charge in [0.25, 0.3) is 5.91 Å². The molecule has 0 saturated heterocycles. The highest BCUT2D eigenvalue weighted by molar-refractivity contribution is 7.16. The van der Waals surface area contributed by atoms with E-state index < -0.39 is 5.91 Å². The molecule has 0 bridgehead atoms. The largest absolute Gasteiger partial charge is 0.365 e. The predicted octanol–water partition coefficient (Wildman–Crippen LogP) is 0.252. The number of carbonyl (C=O) groups excluding carboxylic acids is 3. The molecule has 0 radical (unpaired) electrons. The molecule has 0 fully saturated rings. The number of hydrogen-bond donors (Lipinski definition) is 2. The van der Waals surface area contributed by atoms with Crippen LogP contribution >= 0.6 is 11.3 Å². The molecule has 3 N–H and O–H groups in total. The van der Waals surface area contributed by atoms with E-state index in [0.29, 0.717) is 42.9 Å². The molecule has 0 unspecified atom stereocenters. The van der Waals surface area contributed by atoms with Crippen LogP contribution in [0.25, 0.3) is 0 Å². The van der Waals surface area contributed by atoms with E-state index in [4.69, 9.17) is 5.73 Å². The summed E-state index contributed by atoms with van der Waals surface area (Å²) < 4.78 is 0. The van der Waals surface area contributed by atoms with Gasteiger partial charge in [0.05, 0.1) is 5.56 Å². The van der Waals surface area contributed by atoms with E-state index in [1.807, 2.05) is 0 Å². The van der Waals surface area contributed by atoms with Gasteiger partial charge in [0.1, 0.15) is 5.00 Å². The quantitative estimate of drug-likeness (QED) is 0.733. The van der Waals surface area contributed by atoms with Gasteiger partial charge >= 0.3 is 0 Å². The minimum absolute atomic E-state index is 0.0955. The summed E-state index contributed by atoms with van der Waals surface area (Å²) in [6.45, 7) is 2.11. The Bertz CT molecular complexity index is 597. The predicted molar refractivity (Wildman–Crippen MR) is 84.8 cm³/mol. The van der Waals surface area contributed by atoms with E-state index in [1.54, 1.807) is 19.0 Å². The molecule has 1 aromatic heterocycles. The summed E-state index contributed by atoms with van der Waals surface area (Å²) >= 11 is 1.38. The summed E-state index contributed by atoms with van der Waals surface area (Å²) in [6.07, 6.45) is 1.72. The highest BCUT2D eigenvalue weighted by Crippen LogP contribution is 2.36. The summed E-state index contributed by atoms with van der Waals surface area (Å²) in [7, 11) is 3.48. The lowest BCUT2D eigenvalue weighted by Crippen LogP contribution is -2.34. The molecule has 0 aliphatic carbocycles. The van der Waals surface area contributed by atoms with Gasteiger partial charge in [-0.15, -0.1) is 11.3 Å². The lowest BCUT2D eigenvalue weighted by atomic mass is 10.0. The molecule has 1 aliphatic rings. The number of primary amides is 1. The topological polar surface area (TPSA) is 95.7 Å². The fourth-order valence-corrected chi connectivity index (χ4v) is 3.79. The third kappa shape index (κ3) is 3.45. The summed E-state index contributed by atoms with van der Waals surface area (Å²) in [5.41, 5.74) is 6.78. The fraction of sp³-hybridized carbons (Fsp3) is 0.500. The van der Waals surface area contributed by atoms with Crippen LogP contribution in [0.2, 0.25) is 0 Å². The van der Waals surface area contributed by atoms with Crippen LogP contribution < -0.4 is 11.1 Å². The average Bonchev–Trinajstić information content (AvgIpc) is 2.82. The lowest BCUT2D eigenvalue weighted by molar-refractivity contribution is -0.129. The number of hydrogen-bond acceptors (Lipinski definition) is 5. The van der Waals surface area contributed by atoms with Gasteiger partial charge in [-0.3, -0.25) is 19.3 Å². The molecule has 1 aliphatic heterocycles. The number of anilines is 1. The van der Waals surface area contributed by atoms with Crippen LogP contribution in [0.1, 0.15) is 27.2 Å². The van der Waals surface area contributed by atoms with E-state index in [1.165, 1.54) is 11.3 Å². The Morgan fingerprint density at radius 2 is 2.18 bits per heavy atom. The zero-order chi connectivity index (χ0) is 16.3. The van der Waals surface area contributed by atoms with E-state index in [9.17, 15) is 14.4 Å². The van der Waals surface area contributed by atoms with Crippen LogP contribution in [-0.4, -0.2) is 55.2 Å². The zero-order valence-electron chi connectivity index (χ0n) is 12.7.